The van der Waals surface area contributed by atoms with Crippen LogP contribution in [0.15, 0.2) is 0 Å². The van der Waals surface area contributed by atoms with Gasteiger partial charge in [0.15, 0.2) is 0 Å². The molecule has 2 N–H and O–H groups in total. The van der Waals surface area contributed by atoms with Crippen molar-refractivity contribution in [2.75, 3.05) is 13.1 Å². The maximum absolute atomic E-state index is 13.4. The van der Waals surface area contributed by atoms with Crippen LogP contribution < -0.4 is 5.32 Å². The Kier molecular flexibility index (Phi) is 3.17. The second-order valence-electron chi connectivity index (χ2n) is 5.14. The third-order valence-corrected chi connectivity index (χ3v) is 2.80. The number of hydrogen-bond acceptors (Lipinski definition) is 2. The lowest BCUT2D eigenvalue weighted by molar-refractivity contribution is -0.141. The molecule has 1 fully saturated rings. The van der Waals surface area contributed by atoms with Crippen LogP contribution in [0.3, 0.4) is 0 Å². The topological polar surface area (TPSA) is 32.3 Å². The summed E-state index contributed by atoms with van der Waals surface area (Å²) in [4.78, 5) is 0. The molecule has 0 aliphatic carbocycles. The van der Waals surface area contributed by atoms with Crippen LogP contribution in [0.1, 0.15) is 27.2 Å². The number of aliphatic hydroxyl groups is 1. The van der Waals surface area contributed by atoms with Crippen LogP contribution in [0, 0.1) is 11.3 Å². The fourth-order valence-electron chi connectivity index (χ4n) is 1.85. The van der Waals surface area contributed by atoms with Gasteiger partial charge in [-0.1, -0.05) is 20.8 Å². The standard InChI is InChI=1S/C10H19F2NO/c1-9(2,3)8(14)7-4-5-13-6-10(7,11)12/h7-8,13-14H,4-6H2,1-3H3. The van der Waals surface area contributed by atoms with Crippen molar-refractivity contribution in [1.29, 1.82) is 0 Å². The monoisotopic (exact) mass is 207 g/mol. The van der Waals surface area contributed by atoms with Crippen LogP contribution >= 0.6 is 0 Å². The zero-order valence-corrected chi connectivity index (χ0v) is 8.98. The zero-order valence-electron chi connectivity index (χ0n) is 8.98. The van der Waals surface area contributed by atoms with Gasteiger partial charge in [-0.3, -0.25) is 0 Å². The SMILES string of the molecule is CC(C)(C)C(O)C1CCNCC1(F)F. The predicted octanol–water partition coefficient (Wildman–Crippen LogP) is 1.64. The van der Waals surface area contributed by atoms with Crippen molar-refractivity contribution in [2.24, 2.45) is 11.3 Å². The first kappa shape index (κ1) is 11.9. The molecule has 0 aromatic rings. The molecule has 0 saturated carbocycles. The molecular formula is C10H19F2NO. The van der Waals surface area contributed by atoms with Gasteiger partial charge in [-0.05, 0) is 18.4 Å². The third-order valence-electron chi connectivity index (χ3n) is 2.80. The molecule has 14 heavy (non-hydrogen) atoms. The van der Waals surface area contributed by atoms with Crippen molar-refractivity contribution in [1.82, 2.24) is 5.32 Å². The van der Waals surface area contributed by atoms with Crippen molar-refractivity contribution in [3.63, 3.8) is 0 Å². The first-order valence-corrected chi connectivity index (χ1v) is 5.02. The summed E-state index contributed by atoms with van der Waals surface area (Å²) in [6, 6.07) is 0. The van der Waals surface area contributed by atoms with Crippen LogP contribution in [0.5, 0.6) is 0 Å². The largest absolute Gasteiger partial charge is 0.392 e. The van der Waals surface area contributed by atoms with E-state index in [0.29, 0.717) is 13.0 Å². The third kappa shape index (κ3) is 2.42. The molecular weight excluding hydrogens is 188 g/mol. The average Bonchev–Trinajstić information content (AvgIpc) is 2.00. The number of nitrogens with one attached hydrogen (secondary N) is 1. The average molecular weight is 207 g/mol. The normalized spacial score (nSPS) is 30.0. The summed E-state index contributed by atoms with van der Waals surface area (Å²) in [5.41, 5.74) is -0.481. The minimum absolute atomic E-state index is 0.315. The molecule has 1 heterocycles. The predicted molar refractivity (Wildman–Crippen MR) is 51.4 cm³/mol. The van der Waals surface area contributed by atoms with Crippen LogP contribution in [0.2, 0.25) is 0 Å². The number of halogens is 2. The molecule has 0 aromatic heterocycles. The van der Waals surface area contributed by atoms with E-state index in [1.54, 1.807) is 20.8 Å². The van der Waals surface area contributed by atoms with E-state index in [9.17, 15) is 13.9 Å². The Morgan fingerprint density at radius 1 is 1.43 bits per heavy atom. The Morgan fingerprint density at radius 2 is 2.00 bits per heavy atom. The lowest BCUT2D eigenvalue weighted by atomic mass is 9.76. The van der Waals surface area contributed by atoms with E-state index in [1.165, 1.54) is 0 Å². The Balaban J connectivity index is 2.74. The minimum Gasteiger partial charge on any atom is -0.392 e. The Morgan fingerprint density at radius 3 is 2.43 bits per heavy atom. The second-order valence-corrected chi connectivity index (χ2v) is 5.14. The molecule has 0 spiro atoms. The maximum atomic E-state index is 13.4. The molecule has 2 nitrogen and oxygen atoms in total. The van der Waals surface area contributed by atoms with Crippen LogP contribution in [-0.2, 0) is 0 Å². The molecule has 2 unspecified atom stereocenters. The highest BCUT2D eigenvalue weighted by Crippen LogP contribution is 2.38. The van der Waals surface area contributed by atoms with Gasteiger partial charge < -0.3 is 10.4 Å². The number of aliphatic hydroxyl groups excluding tert-OH is 1. The number of alkyl halides is 2. The van der Waals surface area contributed by atoms with Crippen LogP contribution in [-0.4, -0.2) is 30.2 Å². The summed E-state index contributed by atoms with van der Waals surface area (Å²) in [5.74, 6) is -3.70. The molecule has 1 rings (SSSR count). The van der Waals surface area contributed by atoms with Gasteiger partial charge >= 0.3 is 0 Å². The lowest BCUT2D eigenvalue weighted by Gasteiger charge is -2.40. The van der Waals surface area contributed by atoms with Gasteiger partial charge in [0.1, 0.15) is 0 Å². The Labute approximate surface area is 83.7 Å². The molecule has 0 bridgehead atoms. The molecule has 1 aliphatic heterocycles. The van der Waals surface area contributed by atoms with Gasteiger partial charge in [0, 0.05) is 0 Å². The van der Waals surface area contributed by atoms with Crippen molar-refractivity contribution in [3.05, 3.63) is 0 Å². The van der Waals surface area contributed by atoms with Crippen LogP contribution in [0.25, 0.3) is 0 Å². The molecule has 2 atom stereocenters. The Hall–Kier alpha value is -0.220. The van der Waals surface area contributed by atoms with E-state index in [4.69, 9.17) is 0 Å². The summed E-state index contributed by atoms with van der Waals surface area (Å²) in [7, 11) is 0. The first-order chi connectivity index (χ1) is 6.25. The van der Waals surface area contributed by atoms with Crippen molar-refractivity contribution in [3.8, 4) is 0 Å². The van der Waals surface area contributed by atoms with Crippen LogP contribution in [0.4, 0.5) is 8.78 Å². The van der Waals surface area contributed by atoms with E-state index >= 15 is 0 Å². The maximum Gasteiger partial charge on any atom is 0.265 e. The number of piperidine rings is 1. The minimum atomic E-state index is -2.79. The molecule has 1 aliphatic rings. The molecule has 0 amide bonds. The highest BCUT2D eigenvalue weighted by Gasteiger charge is 2.48. The molecule has 4 heteroatoms. The van der Waals surface area contributed by atoms with Gasteiger partial charge in [0.25, 0.3) is 5.92 Å². The van der Waals surface area contributed by atoms with E-state index in [-0.39, 0.29) is 6.54 Å². The summed E-state index contributed by atoms with van der Waals surface area (Å²) >= 11 is 0. The van der Waals surface area contributed by atoms with Gasteiger partial charge in [0.2, 0.25) is 0 Å². The summed E-state index contributed by atoms with van der Waals surface area (Å²) in [6.07, 6.45) is -0.606. The fraction of sp³-hybridized carbons (Fsp3) is 1.00. The van der Waals surface area contributed by atoms with Gasteiger partial charge in [0.05, 0.1) is 18.6 Å². The number of rotatable bonds is 1. The van der Waals surface area contributed by atoms with Crippen molar-refractivity contribution >= 4 is 0 Å². The van der Waals surface area contributed by atoms with E-state index in [0.717, 1.165) is 0 Å². The smallest absolute Gasteiger partial charge is 0.265 e. The van der Waals surface area contributed by atoms with E-state index < -0.39 is 23.4 Å². The van der Waals surface area contributed by atoms with Gasteiger partial charge in [-0.25, -0.2) is 8.78 Å². The highest BCUT2D eigenvalue weighted by atomic mass is 19.3. The quantitative estimate of drug-likeness (QED) is 0.685. The van der Waals surface area contributed by atoms with Crippen molar-refractivity contribution < 1.29 is 13.9 Å². The van der Waals surface area contributed by atoms with Gasteiger partial charge in [-0.2, -0.15) is 0 Å². The molecule has 0 aromatic carbocycles. The lowest BCUT2D eigenvalue weighted by Crippen LogP contribution is -2.53. The summed E-state index contributed by atoms with van der Waals surface area (Å²) in [6.45, 7) is 5.61. The van der Waals surface area contributed by atoms with E-state index in [1.807, 2.05) is 0 Å². The zero-order chi connectivity index (χ0) is 11.0. The van der Waals surface area contributed by atoms with Crippen molar-refractivity contribution in [2.45, 2.75) is 39.2 Å². The molecule has 0 radical (unpaired) electrons. The van der Waals surface area contributed by atoms with E-state index in [2.05, 4.69) is 5.32 Å². The summed E-state index contributed by atoms with van der Waals surface area (Å²) < 4.78 is 26.9. The summed E-state index contributed by atoms with van der Waals surface area (Å²) in [5, 5.41) is 12.5. The Bertz CT molecular complexity index is 201. The molecule has 1 saturated heterocycles. The highest BCUT2D eigenvalue weighted by molar-refractivity contribution is 4.92. The molecule has 84 valence electrons. The second kappa shape index (κ2) is 3.74. The number of hydrogen-bond donors (Lipinski definition) is 2. The van der Waals surface area contributed by atoms with Gasteiger partial charge in [-0.15, -0.1) is 0 Å². The fourth-order valence-corrected chi connectivity index (χ4v) is 1.85. The first-order valence-electron chi connectivity index (χ1n) is 5.02.